The third kappa shape index (κ3) is 3.58. The number of fused-ring (bicyclic) bond motifs is 1. The predicted molar refractivity (Wildman–Crippen MR) is 88.1 cm³/mol. The van der Waals surface area contributed by atoms with E-state index in [1.807, 2.05) is 0 Å². The summed E-state index contributed by atoms with van der Waals surface area (Å²) in [4.78, 5) is 35.7. The molecule has 0 aromatic heterocycles. The number of ketones is 1. The Hall–Kier alpha value is -3.41. The maximum Gasteiger partial charge on any atom is 0.344 e. The van der Waals surface area contributed by atoms with Crippen molar-refractivity contribution in [2.45, 2.75) is 0 Å². The molecule has 1 aliphatic heterocycles. The summed E-state index contributed by atoms with van der Waals surface area (Å²) >= 11 is 0. The Labute approximate surface area is 143 Å². The van der Waals surface area contributed by atoms with E-state index in [0.717, 1.165) is 6.08 Å². The molecule has 25 heavy (non-hydrogen) atoms. The number of carbonyl (C=O) groups excluding carboxylic acids is 3. The first kappa shape index (κ1) is 16.4. The van der Waals surface area contributed by atoms with Crippen molar-refractivity contribution >= 4 is 23.5 Å². The van der Waals surface area contributed by atoms with Crippen molar-refractivity contribution in [3.8, 4) is 5.75 Å². The van der Waals surface area contributed by atoms with Crippen LogP contribution < -0.4 is 4.74 Å². The molecule has 0 fully saturated rings. The molecule has 0 N–H and O–H groups in total. The van der Waals surface area contributed by atoms with E-state index in [1.54, 1.807) is 48.5 Å². The van der Waals surface area contributed by atoms with E-state index in [-0.39, 0.29) is 11.5 Å². The second-order valence-electron chi connectivity index (χ2n) is 5.21. The van der Waals surface area contributed by atoms with Gasteiger partial charge in [-0.1, -0.05) is 30.3 Å². The molecule has 6 nitrogen and oxygen atoms in total. The van der Waals surface area contributed by atoms with Crippen LogP contribution in [0.25, 0.3) is 5.76 Å². The Morgan fingerprint density at radius 2 is 1.84 bits per heavy atom. The molecule has 0 bridgehead atoms. The number of carbonyl (C=O) groups is 3. The topological polar surface area (TPSA) is 78.9 Å². The van der Waals surface area contributed by atoms with Gasteiger partial charge in [-0.3, -0.25) is 4.79 Å². The lowest BCUT2D eigenvalue weighted by Gasteiger charge is -2.04. The summed E-state index contributed by atoms with van der Waals surface area (Å²) in [7, 11) is 1.50. The van der Waals surface area contributed by atoms with Crippen molar-refractivity contribution in [1.82, 2.24) is 0 Å². The predicted octanol–water partition coefficient (Wildman–Crippen LogP) is 2.63. The molecule has 0 saturated carbocycles. The van der Waals surface area contributed by atoms with E-state index in [0.29, 0.717) is 22.4 Å². The minimum Gasteiger partial charge on any atom is -0.497 e. The minimum absolute atomic E-state index is 0.111. The molecular formula is C19H14O6. The van der Waals surface area contributed by atoms with Crippen LogP contribution in [0.4, 0.5) is 0 Å². The van der Waals surface area contributed by atoms with Crippen LogP contribution in [0.15, 0.2) is 54.6 Å². The second kappa shape index (κ2) is 7.00. The molecule has 6 heteroatoms. The highest BCUT2D eigenvalue weighted by molar-refractivity contribution is 6.06. The van der Waals surface area contributed by atoms with E-state index >= 15 is 0 Å². The molecular weight excluding hydrogens is 324 g/mol. The number of rotatable bonds is 5. The first-order valence-corrected chi connectivity index (χ1v) is 7.46. The largest absolute Gasteiger partial charge is 0.497 e. The number of ether oxygens (including phenoxy) is 3. The molecule has 0 aliphatic carbocycles. The molecule has 2 aromatic carbocycles. The summed E-state index contributed by atoms with van der Waals surface area (Å²) in [5.74, 6) is -1.01. The quantitative estimate of drug-likeness (QED) is 0.474. The Morgan fingerprint density at radius 3 is 2.60 bits per heavy atom. The SMILES string of the molecule is COc1cccc(C(=O)COC(=O)/C=C2/OC(=O)c3ccccc32)c1. The van der Waals surface area contributed by atoms with Gasteiger partial charge in [0.1, 0.15) is 11.5 Å². The van der Waals surface area contributed by atoms with E-state index in [1.165, 1.54) is 7.11 Å². The molecule has 0 amide bonds. The Kier molecular flexibility index (Phi) is 4.61. The van der Waals surface area contributed by atoms with Gasteiger partial charge in [0.2, 0.25) is 0 Å². The number of cyclic esters (lactones) is 1. The van der Waals surface area contributed by atoms with Gasteiger partial charge in [0, 0.05) is 11.1 Å². The molecule has 0 saturated heterocycles. The van der Waals surface area contributed by atoms with E-state index in [2.05, 4.69) is 0 Å². The van der Waals surface area contributed by atoms with Crippen LogP contribution >= 0.6 is 0 Å². The fourth-order valence-corrected chi connectivity index (χ4v) is 2.36. The van der Waals surface area contributed by atoms with Gasteiger partial charge >= 0.3 is 11.9 Å². The van der Waals surface area contributed by atoms with Crippen LogP contribution in [0.2, 0.25) is 0 Å². The Balaban J connectivity index is 1.65. The molecule has 126 valence electrons. The number of hydrogen-bond acceptors (Lipinski definition) is 6. The van der Waals surface area contributed by atoms with E-state index < -0.39 is 18.5 Å². The first-order chi connectivity index (χ1) is 12.1. The molecule has 1 heterocycles. The first-order valence-electron chi connectivity index (χ1n) is 7.46. The smallest absolute Gasteiger partial charge is 0.344 e. The summed E-state index contributed by atoms with van der Waals surface area (Å²) in [6.45, 7) is -0.425. The van der Waals surface area contributed by atoms with E-state index in [4.69, 9.17) is 14.2 Å². The highest BCUT2D eigenvalue weighted by Crippen LogP contribution is 2.29. The second-order valence-corrected chi connectivity index (χ2v) is 5.21. The lowest BCUT2D eigenvalue weighted by molar-refractivity contribution is -0.136. The molecule has 0 radical (unpaired) electrons. The highest BCUT2D eigenvalue weighted by atomic mass is 16.6. The highest BCUT2D eigenvalue weighted by Gasteiger charge is 2.26. The van der Waals surface area contributed by atoms with Gasteiger partial charge < -0.3 is 14.2 Å². The summed E-state index contributed by atoms with van der Waals surface area (Å²) in [6.07, 6.45) is 1.06. The van der Waals surface area contributed by atoms with Crippen LogP contribution in [-0.2, 0) is 14.3 Å². The Morgan fingerprint density at radius 1 is 1.08 bits per heavy atom. The zero-order chi connectivity index (χ0) is 17.8. The van der Waals surface area contributed by atoms with Crippen LogP contribution in [0.1, 0.15) is 26.3 Å². The van der Waals surface area contributed by atoms with Crippen molar-refractivity contribution in [3.63, 3.8) is 0 Å². The van der Waals surface area contributed by atoms with Gasteiger partial charge in [0.25, 0.3) is 0 Å². The number of Topliss-reactive ketones (excluding diaryl/α,β-unsaturated/α-hetero) is 1. The van der Waals surface area contributed by atoms with Gasteiger partial charge in [0.05, 0.1) is 18.7 Å². The third-order valence-electron chi connectivity index (χ3n) is 3.60. The van der Waals surface area contributed by atoms with Crippen molar-refractivity contribution in [3.05, 3.63) is 71.3 Å². The van der Waals surface area contributed by atoms with Crippen molar-refractivity contribution in [2.24, 2.45) is 0 Å². The lowest BCUT2D eigenvalue weighted by Crippen LogP contribution is -2.13. The summed E-state index contributed by atoms with van der Waals surface area (Å²) in [5.41, 5.74) is 1.27. The molecule has 3 rings (SSSR count). The monoisotopic (exact) mass is 338 g/mol. The van der Waals surface area contributed by atoms with Crippen LogP contribution in [-0.4, -0.2) is 31.4 Å². The fraction of sp³-hybridized carbons (Fsp3) is 0.105. The van der Waals surface area contributed by atoms with Gasteiger partial charge in [-0.15, -0.1) is 0 Å². The molecule has 2 aromatic rings. The van der Waals surface area contributed by atoms with Crippen molar-refractivity contribution in [2.75, 3.05) is 13.7 Å². The van der Waals surface area contributed by atoms with E-state index in [9.17, 15) is 14.4 Å². The number of methoxy groups -OCH3 is 1. The van der Waals surface area contributed by atoms with Gasteiger partial charge in [-0.25, -0.2) is 9.59 Å². The number of hydrogen-bond donors (Lipinski definition) is 0. The summed E-state index contributed by atoms with van der Waals surface area (Å²) in [6, 6.07) is 13.2. The minimum atomic E-state index is -0.768. The Bertz CT molecular complexity index is 881. The van der Waals surface area contributed by atoms with Crippen LogP contribution in [0.3, 0.4) is 0 Å². The average Bonchev–Trinajstić information content (AvgIpc) is 2.96. The standard InChI is InChI=1S/C19H14O6/c1-23-13-6-4-5-12(9-13)16(20)11-24-18(21)10-17-14-7-2-3-8-15(14)19(22)25-17/h2-10H,11H2,1H3/b17-10+. The normalized spacial score (nSPS) is 14.0. The zero-order valence-corrected chi connectivity index (χ0v) is 13.4. The van der Waals surface area contributed by atoms with Crippen molar-refractivity contribution < 1.29 is 28.6 Å². The lowest BCUT2D eigenvalue weighted by atomic mass is 10.1. The third-order valence-corrected chi connectivity index (χ3v) is 3.60. The number of benzene rings is 2. The van der Waals surface area contributed by atoms with Crippen LogP contribution in [0, 0.1) is 0 Å². The zero-order valence-electron chi connectivity index (χ0n) is 13.4. The maximum absolute atomic E-state index is 12.1. The summed E-state index contributed by atoms with van der Waals surface area (Å²) < 4.78 is 15.0. The summed E-state index contributed by atoms with van der Waals surface area (Å²) in [5, 5.41) is 0. The maximum atomic E-state index is 12.1. The number of esters is 2. The molecule has 0 unspecified atom stereocenters. The fourth-order valence-electron chi connectivity index (χ4n) is 2.36. The molecule has 0 spiro atoms. The molecule has 0 atom stereocenters. The van der Waals surface area contributed by atoms with Gasteiger partial charge in [0.15, 0.2) is 12.4 Å². The van der Waals surface area contributed by atoms with Crippen LogP contribution in [0.5, 0.6) is 5.75 Å². The van der Waals surface area contributed by atoms with Gasteiger partial charge in [-0.05, 0) is 18.2 Å². The van der Waals surface area contributed by atoms with Gasteiger partial charge in [-0.2, -0.15) is 0 Å². The average molecular weight is 338 g/mol. The van der Waals surface area contributed by atoms with Crippen molar-refractivity contribution in [1.29, 1.82) is 0 Å². The molecule has 1 aliphatic rings.